The number of aryl methyl sites for hydroxylation is 1. The number of anilines is 1. The highest BCUT2D eigenvalue weighted by atomic mass is 16.5. The van der Waals surface area contributed by atoms with Gasteiger partial charge in [-0.25, -0.2) is 0 Å². The van der Waals surface area contributed by atoms with Gasteiger partial charge in [0.05, 0.1) is 7.11 Å². The quantitative estimate of drug-likeness (QED) is 0.809. The number of amides is 2. The van der Waals surface area contributed by atoms with E-state index in [0.29, 0.717) is 18.5 Å². The Morgan fingerprint density at radius 1 is 1.15 bits per heavy atom. The Hall–Kier alpha value is -2.82. The Labute approximate surface area is 160 Å². The molecule has 1 fully saturated rings. The summed E-state index contributed by atoms with van der Waals surface area (Å²) in [6.45, 7) is 3.24. The lowest BCUT2D eigenvalue weighted by Gasteiger charge is -2.27. The van der Waals surface area contributed by atoms with Crippen LogP contribution in [0.4, 0.5) is 5.69 Å². The van der Waals surface area contributed by atoms with Crippen molar-refractivity contribution in [3.8, 4) is 5.75 Å². The van der Waals surface area contributed by atoms with Gasteiger partial charge in [0.25, 0.3) is 5.91 Å². The molecule has 2 amide bonds. The fourth-order valence-corrected chi connectivity index (χ4v) is 3.44. The van der Waals surface area contributed by atoms with Crippen molar-refractivity contribution in [3.63, 3.8) is 0 Å². The van der Waals surface area contributed by atoms with Gasteiger partial charge in [0.2, 0.25) is 5.91 Å². The van der Waals surface area contributed by atoms with E-state index < -0.39 is 0 Å². The van der Waals surface area contributed by atoms with E-state index >= 15 is 0 Å². The summed E-state index contributed by atoms with van der Waals surface area (Å²) < 4.78 is 5.40. The van der Waals surface area contributed by atoms with E-state index in [0.717, 1.165) is 42.0 Å². The van der Waals surface area contributed by atoms with Gasteiger partial charge in [0, 0.05) is 43.4 Å². The second-order valence-corrected chi connectivity index (χ2v) is 7.03. The molecule has 1 aliphatic rings. The second-order valence-electron chi connectivity index (χ2n) is 7.03. The molecule has 1 saturated heterocycles. The summed E-state index contributed by atoms with van der Waals surface area (Å²) in [5.74, 6) is 0.873. The van der Waals surface area contributed by atoms with Gasteiger partial charge >= 0.3 is 0 Å². The van der Waals surface area contributed by atoms with Gasteiger partial charge in [-0.15, -0.1) is 0 Å². The van der Waals surface area contributed by atoms with Gasteiger partial charge in [-0.1, -0.05) is 17.7 Å². The van der Waals surface area contributed by atoms with Crippen molar-refractivity contribution in [1.29, 1.82) is 0 Å². The van der Waals surface area contributed by atoms with Crippen molar-refractivity contribution in [3.05, 3.63) is 59.2 Å². The summed E-state index contributed by atoms with van der Waals surface area (Å²) in [4.78, 5) is 28.3. The van der Waals surface area contributed by atoms with Crippen LogP contribution in [0.1, 0.15) is 40.7 Å². The van der Waals surface area contributed by atoms with Gasteiger partial charge in [-0.05, 0) is 50.1 Å². The van der Waals surface area contributed by atoms with Crippen LogP contribution in [0, 0.1) is 6.92 Å². The third-order valence-electron chi connectivity index (χ3n) is 4.94. The molecule has 0 aromatic heterocycles. The fraction of sp³-hybridized carbons (Fsp3) is 0.364. The zero-order valence-corrected chi connectivity index (χ0v) is 16.2. The lowest BCUT2D eigenvalue weighted by atomic mass is 10.1. The molecule has 5 heteroatoms. The summed E-state index contributed by atoms with van der Waals surface area (Å²) in [5, 5.41) is 0. The van der Waals surface area contributed by atoms with Crippen molar-refractivity contribution < 1.29 is 14.3 Å². The molecule has 3 rings (SSSR count). The van der Waals surface area contributed by atoms with Crippen LogP contribution in [-0.2, 0) is 11.3 Å². The van der Waals surface area contributed by atoms with Crippen LogP contribution >= 0.6 is 0 Å². The van der Waals surface area contributed by atoms with Crippen LogP contribution in [-0.4, -0.2) is 37.4 Å². The second kappa shape index (κ2) is 8.25. The maximum absolute atomic E-state index is 12.8. The van der Waals surface area contributed by atoms with Crippen LogP contribution in [0.3, 0.4) is 0 Å². The minimum atomic E-state index is -0.0601. The average Bonchev–Trinajstić information content (AvgIpc) is 2.68. The van der Waals surface area contributed by atoms with Gasteiger partial charge in [0.1, 0.15) is 5.75 Å². The Morgan fingerprint density at radius 3 is 2.56 bits per heavy atom. The fourth-order valence-electron chi connectivity index (χ4n) is 3.44. The lowest BCUT2D eigenvalue weighted by Crippen LogP contribution is -2.35. The summed E-state index contributed by atoms with van der Waals surface area (Å²) in [5.41, 5.74) is 3.57. The smallest absolute Gasteiger partial charge is 0.253 e. The molecular formula is C22H26N2O3. The standard InChI is InChI=1S/C22H26N2O3/c1-16-7-12-20(27-3)18(14-16)15-23(2)22(26)17-8-10-19(11-9-17)24-13-5-4-6-21(24)25/h7-12,14H,4-6,13,15H2,1-3H3. The first-order chi connectivity index (χ1) is 13.0. The molecular weight excluding hydrogens is 340 g/mol. The number of carbonyl (C=O) groups excluding carboxylic acids is 2. The summed E-state index contributed by atoms with van der Waals surface area (Å²) >= 11 is 0. The van der Waals surface area contributed by atoms with Gasteiger partial charge in [-0.3, -0.25) is 9.59 Å². The zero-order chi connectivity index (χ0) is 19.4. The zero-order valence-electron chi connectivity index (χ0n) is 16.2. The molecule has 2 aromatic rings. The van der Waals surface area contributed by atoms with Crippen LogP contribution in [0.15, 0.2) is 42.5 Å². The molecule has 142 valence electrons. The monoisotopic (exact) mass is 366 g/mol. The van der Waals surface area contributed by atoms with Crippen LogP contribution in [0.5, 0.6) is 5.75 Å². The van der Waals surface area contributed by atoms with E-state index in [1.165, 1.54) is 0 Å². The van der Waals surface area contributed by atoms with Crippen molar-refractivity contribution in [2.45, 2.75) is 32.7 Å². The maximum Gasteiger partial charge on any atom is 0.253 e. The molecule has 27 heavy (non-hydrogen) atoms. The molecule has 2 aromatic carbocycles. The number of benzene rings is 2. The van der Waals surface area contributed by atoms with E-state index in [9.17, 15) is 9.59 Å². The number of nitrogens with zero attached hydrogens (tertiary/aromatic N) is 2. The molecule has 5 nitrogen and oxygen atoms in total. The first-order valence-corrected chi connectivity index (χ1v) is 9.29. The first kappa shape index (κ1) is 19.0. The van der Waals surface area contributed by atoms with Crippen LogP contribution in [0.2, 0.25) is 0 Å². The van der Waals surface area contributed by atoms with Gasteiger partial charge in [-0.2, -0.15) is 0 Å². The Bertz CT molecular complexity index is 830. The number of rotatable bonds is 5. The van der Waals surface area contributed by atoms with E-state index in [4.69, 9.17) is 4.74 Å². The highest BCUT2D eigenvalue weighted by Crippen LogP contribution is 2.24. The molecule has 0 spiro atoms. The Kier molecular flexibility index (Phi) is 5.79. The Morgan fingerprint density at radius 2 is 1.89 bits per heavy atom. The number of hydrogen-bond donors (Lipinski definition) is 0. The largest absolute Gasteiger partial charge is 0.496 e. The number of ether oxygens (including phenoxy) is 1. The SMILES string of the molecule is COc1ccc(C)cc1CN(C)C(=O)c1ccc(N2CCCCC2=O)cc1. The highest BCUT2D eigenvalue weighted by Gasteiger charge is 2.20. The Balaban J connectivity index is 1.72. The predicted octanol–water partition coefficient (Wildman–Crippen LogP) is 3.79. The number of carbonyl (C=O) groups is 2. The molecule has 0 unspecified atom stereocenters. The van der Waals surface area contributed by atoms with E-state index in [1.807, 2.05) is 37.3 Å². The van der Waals surface area contributed by atoms with Crippen molar-refractivity contribution in [1.82, 2.24) is 4.90 Å². The summed E-state index contributed by atoms with van der Waals surface area (Å²) in [6.07, 6.45) is 2.58. The van der Waals surface area contributed by atoms with Gasteiger partial charge in [0.15, 0.2) is 0 Å². The number of methoxy groups -OCH3 is 1. The number of piperidine rings is 1. The van der Waals surface area contributed by atoms with Crippen molar-refractivity contribution in [2.75, 3.05) is 25.6 Å². The summed E-state index contributed by atoms with van der Waals surface area (Å²) in [7, 11) is 3.42. The molecule has 1 heterocycles. The third kappa shape index (κ3) is 4.30. The molecule has 0 saturated carbocycles. The average molecular weight is 366 g/mol. The minimum Gasteiger partial charge on any atom is -0.496 e. The first-order valence-electron chi connectivity index (χ1n) is 9.29. The van der Waals surface area contributed by atoms with Crippen LogP contribution < -0.4 is 9.64 Å². The molecule has 1 aliphatic heterocycles. The van der Waals surface area contributed by atoms with Crippen molar-refractivity contribution >= 4 is 17.5 Å². The third-order valence-corrected chi connectivity index (χ3v) is 4.94. The van der Waals surface area contributed by atoms with Gasteiger partial charge < -0.3 is 14.5 Å². The highest BCUT2D eigenvalue weighted by molar-refractivity contribution is 5.96. The predicted molar refractivity (Wildman–Crippen MR) is 106 cm³/mol. The molecule has 0 radical (unpaired) electrons. The number of hydrogen-bond acceptors (Lipinski definition) is 3. The minimum absolute atomic E-state index is 0.0601. The maximum atomic E-state index is 12.8. The van der Waals surface area contributed by atoms with E-state index in [2.05, 4.69) is 0 Å². The molecule has 0 atom stereocenters. The molecule has 0 bridgehead atoms. The molecule has 0 aliphatic carbocycles. The van der Waals surface area contributed by atoms with Crippen molar-refractivity contribution in [2.24, 2.45) is 0 Å². The topological polar surface area (TPSA) is 49.9 Å². The normalized spacial score (nSPS) is 14.2. The lowest BCUT2D eigenvalue weighted by molar-refractivity contribution is -0.119. The summed E-state index contributed by atoms with van der Waals surface area (Å²) in [6, 6.07) is 13.3. The molecule has 0 N–H and O–H groups in total. The van der Waals surface area contributed by atoms with E-state index in [-0.39, 0.29) is 11.8 Å². The van der Waals surface area contributed by atoms with E-state index in [1.54, 1.807) is 36.1 Å². The van der Waals surface area contributed by atoms with Crippen LogP contribution in [0.25, 0.3) is 0 Å².